The number of hydrogen-bond acceptors (Lipinski definition) is 11. The summed E-state index contributed by atoms with van der Waals surface area (Å²) < 4.78 is 2.86. The van der Waals surface area contributed by atoms with Crippen molar-refractivity contribution in [3.8, 4) is 0 Å². The van der Waals surface area contributed by atoms with Crippen molar-refractivity contribution < 1.29 is 0 Å². The molecule has 2 atom stereocenters. The first-order valence-corrected chi connectivity index (χ1v) is 10.8. The van der Waals surface area contributed by atoms with E-state index in [0.29, 0.717) is 47.7 Å². The number of nitrogens with zero attached hydrogens (tertiary/aromatic N) is 13. The van der Waals surface area contributed by atoms with Crippen molar-refractivity contribution in [1.82, 2.24) is 65.0 Å². The van der Waals surface area contributed by atoms with E-state index in [1.54, 1.807) is 16.7 Å². The third-order valence-electron chi connectivity index (χ3n) is 5.80. The van der Waals surface area contributed by atoms with Gasteiger partial charge in [-0.05, 0) is 35.4 Å². The standard InChI is InChI=1S/C19H21N13O2/c1-3-12(7-30-23-9-21-26-30)29-11-20-16-5-15-17(6-14(16)18(29)33)25-28-32(19(15)34)13(4-2)8-31-24-10-22-27-31/h5-6,9-13H,3-4,7-8H2,1-2H3. The highest BCUT2D eigenvalue weighted by molar-refractivity contribution is 5.93. The van der Waals surface area contributed by atoms with Crippen molar-refractivity contribution in [3.63, 3.8) is 0 Å². The second-order valence-corrected chi connectivity index (χ2v) is 7.79. The summed E-state index contributed by atoms with van der Waals surface area (Å²) in [7, 11) is 0. The van der Waals surface area contributed by atoms with Crippen LogP contribution in [0, 0.1) is 0 Å². The molecule has 1 aromatic carbocycles. The molecule has 0 aliphatic rings. The van der Waals surface area contributed by atoms with Gasteiger partial charge in [0.25, 0.3) is 11.1 Å². The molecule has 174 valence electrons. The van der Waals surface area contributed by atoms with Gasteiger partial charge in [0.05, 0.1) is 47.8 Å². The molecule has 4 heterocycles. The van der Waals surface area contributed by atoms with Crippen LogP contribution in [-0.2, 0) is 13.1 Å². The van der Waals surface area contributed by atoms with Crippen LogP contribution in [0.4, 0.5) is 0 Å². The molecule has 0 radical (unpaired) electrons. The molecule has 0 saturated carbocycles. The van der Waals surface area contributed by atoms with Crippen LogP contribution in [0.3, 0.4) is 0 Å². The summed E-state index contributed by atoms with van der Waals surface area (Å²) in [4.78, 5) is 33.8. The highest BCUT2D eigenvalue weighted by Gasteiger charge is 2.19. The van der Waals surface area contributed by atoms with Gasteiger partial charge >= 0.3 is 0 Å². The monoisotopic (exact) mass is 463 g/mol. The number of rotatable bonds is 8. The molecule has 0 saturated heterocycles. The zero-order valence-electron chi connectivity index (χ0n) is 18.5. The SMILES string of the molecule is CCC(Cn1ncnn1)n1cnc2cc3c(=O)n(C(CC)Cn4ncnn4)nnc3cc2c1=O. The fourth-order valence-electron chi connectivity index (χ4n) is 3.90. The van der Waals surface area contributed by atoms with Crippen LogP contribution >= 0.6 is 0 Å². The number of hydrogen-bond donors (Lipinski definition) is 0. The van der Waals surface area contributed by atoms with Crippen LogP contribution in [0.5, 0.6) is 0 Å². The third-order valence-corrected chi connectivity index (χ3v) is 5.80. The fraction of sp³-hybridized carbons (Fsp3) is 0.421. The molecule has 5 aromatic rings. The van der Waals surface area contributed by atoms with Crippen molar-refractivity contribution in [2.45, 2.75) is 51.9 Å². The topological polar surface area (TPSA) is 170 Å². The number of tetrazole rings is 2. The van der Waals surface area contributed by atoms with Gasteiger partial charge in [0.15, 0.2) is 12.7 Å². The minimum Gasteiger partial charge on any atom is -0.294 e. The van der Waals surface area contributed by atoms with Gasteiger partial charge in [-0.3, -0.25) is 14.2 Å². The minimum atomic E-state index is -0.325. The molecule has 0 N–H and O–H groups in total. The Labute approximate surface area is 191 Å². The summed E-state index contributed by atoms with van der Waals surface area (Å²) in [6.07, 6.45) is 5.43. The van der Waals surface area contributed by atoms with E-state index < -0.39 is 0 Å². The Morgan fingerprint density at radius 1 is 0.794 bits per heavy atom. The average molecular weight is 463 g/mol. The number of fused-ring (bicyclic) bond motifs is 2. The number of benzene rings is 1. The van der Waals surface area contributed by atoms with Gasteiger partial charge in [-0.15, -0.1) is 25.5 Å². The molecule has 0 aliphatic carbocycles. The zero-order chi connectivity index (χ0) is 23.7. The van der Waals surface area contributed by atoms with E-state index in [0.717, 1.165) is 0 Å². The molecule has 5 rings (SSSR count). The Hall–Kier alpha value is -4.43. The first-order valence-electron chi connectivity index (χ1n) is 10.8. The van der Waals surface area contributed by atoms with E-state index in [-0.39, 0.29) is 23.2 Å². The molecule has 15 heteroatoms. The largest absolute Gasteiger partial charge is 0.294 e. The van der Waals surface area contributed by atoms with Crippen molar-refractivity contribution >= 4 is 21.8 Å². The van der Waals surface area contributed by atoms with Gasteiger partial charge in [0, 0.05) is 0 Å². The maximum Gasteiger partial charge on any atom is 0.278 e. The molecule has 0 bridgehead atoms. The Morgan fingerprint density at radius 2 is 1.41 bits per heavy atom. The second kappa shape index (κ2) is 8.84. The fourth-order valence-corrected chi connectivity index (χ4v) is 3.90. The zero-order valence-corrected chi connectivity index (χ0v) is 18.5. The summed E-state index contributed by atoms with van der Waals surface area (Å²) in [5.41, 5.74) is 0.164. The maximum atomic E-state index is 13.3. The van der Waals surface area contributed by atoms with Crippen LogP contribution in [-0.4, -0.2) is 65.0 Å². The second-order valence-electron chi connectivity index (χ2n) is 7.79. The van der Waals surface area contributed by atoms with Crippen molar-refractivity contribution in [2.75, 3.05) is 0 Å². The van der Waals surface area contributed by atoms with Gasteiger partial charge in [-0.2, -0.15) is 9.59 Å². The first kappa shape index (κ1) is 21.4. The van der Waals surface area contributed by atoms with E-state index in [1.807, 2.05) is 13.8 Å². The predicted molar refractivity (Wildman–Crippen MR) is 118 cm³/mol. The maximum absolute atomic E-state index is 13.3. The number of aromatic nitrogens is 13. The lowest BCUT2D eigenvalue weighted by atomic mass is 10.1. The van der Waals surface area contributed by atoms with Gasteiger partial charge < -0.3 is 0 Å². The molecule has 0 spiro atoms. The van der Waals surface area contributed by atoms with Crippen LogP contribution in [0.25, 0.3) is 21.8 Å². The average Bonchev–Trinajstić information content (AvgIpc) is 3.56. The van der Waals surface area contributed by atoms with Crippen LogP contribution in [0.1, 0.15) is 38.8 Å². The molecule has 0 amide bonds. The smallest absolute Gasteiger partial charge is 0.278 e. The molecule has 2 unspecified atom stereocenters. The summed E-state index contributed by atoms with van der Waals surface area (Å²) in [6, 6.07) is 2.62. The molecular formula is C19H21N13O2. The quantitative estimate of drug-likeness (QED) is 0.279. The van der Waals surface area contributed by atoms with Gasteiger partial charge in [0.1, 0.15) is 5.52 Å². The van der Waals surface area contributed by atoms with Crippen LogP contribution in [0.2, 0.25) is 0 Å². The Kier molecular flexibility index (Phi) is 5.57. The van der Waals surface area contributed by atoms with E-state index in [2.05, 4.69) is 46.1 Å². The predicted octanol–water partition coefficient (Wildman–Crippen LogP) is -0.223. The lowest BCUT2D eigenvalue weighted by Crippen LogP contribution is -2.31. The van der Waals surface area contributed by atoms with Gasteiger partial charge in [-0.25, -0.2) is 9.67 Å². The van der Waals surface area contributed by atoms with E-state index in [1.165, 1.54) is 33.3 Å². The summed E-state index contributed by atoms with van der Waals surface area (Å²) in [5, 5.41) is 32.2. The minimum absolute atomic E-state index is 0.218. The lowest BCUT2D eigenvalue weighted by Gasteiger charge is -2.17. The van der Waals surface area contributed by atoms with E-state index in [4.69, 9.17) is 0 Å². The van der Waals surface area contributed by atoms with Crippen molar-refractivity contribution in [1.29, 1.82) is 0 Å². The van der Waals surface area contributed by atoms with E-state index in [9.17, 15) is 9.59 Å². The molecular weight excluding hydrogens is 442 g/mol. The van der Waals surface area contributed by atoms with Crippen LogP contribution in [0.15, 0.2) is 40.7 Å². The Balaban J connectivity index is 1.56. The van der Waals surface area contributed by atoms with Gasteiger partial charge in [-0.1, -0.05) is 19.1 Å². The molecule has 15 nitrogen and oxygen atoms in total. The Bertz CT molecular complexity index is 1420. The molecule has 0 fully saturated rings. The summed E-state index contributed by atoms with van der Waals surface area (Å²) >= 11 is 0. The van der Waals surface area contributed by atoms with Crippen molar-refractivity contribution in [2.24, 2.45) is 0 Å². The summed E-state index contributed by atoms with van der Waals surface area (Å²) in [5.74, 6) is 0. The van der Waals surface area contributed by atoms with Crippen LogP contribution < -0.4 is 11.1 Å². The highest BCUT2D eigenvalue weighted by Crippen LogP contribution is 2.18. The normalized spacial score (nSPS) is 13.5. The van der Waals surface area contributed by atoms with Gasteiger partial charge in [0.2, 0.25) is 0 Å². The first-order chi connectivity index (χ1) is 16.6. The molecule has 34 heavy (non-hydrogen) atoms. The third kappa shape index (κ3) is 3.80. The highest BCUT2D eigenvalue weighted by atomic mass is 16.1. The molecule has 4 aromatic heterocycles. The van der Waals surface area contributed by atoms with E-state index >= 15 is 0 Å². The van der Waals surface area contributed by atoms with Crippen molar-refractivity contribution in [3.05, 3.63) is 51.8 Å². The summed E-state index contributed by atoms with van der Waals surface area (Å²) in [6.45, 7) is 4.60. The lowest BCUT2D eigenvalue weighted by molar-refractivity contribution is 0.324. The Morgan fingerprint density at radius 3 is 2.03 bits per heavy atom. The molecule has 0 aliphatic heterocycles.